The number of hydrogen-bond acceptors (Lipinski definition) is 3. The Morgan fingerprint density at radius 3 is 2.57 bits per heavy atom. The molecule has 21 heavy (non-hydrogen) atoms. The van der Waals surface area contributed by atoms with Crippen LogP contribution in [-0.2, 0) is 6.54 Å². The molecule has 1 aromatic carbocycles. The molecular weight excluding hydrogens is 276 g/mol. The average Bonchev–Trinajstić information content (AvgIpc) is 2.41. The highest BCUT2D eigenvalue weighted by Crippen LogP contribution is 2.30. The summed E-state index contributed by atoms with van der Waals surface area (Å²) in [5.41, 5.74) is 5.01. The molecular formula is C18H24N2S. The fourth-order valence-electron chi connectivity index (χ4n) is 2.31. The number of rotatable bonds is 6. The van der Waals surface area contributed by atoms with E-state index in [0.717, 1.165) is 23.8 Å². The van der Waals surface area contributed by atoms with Crippen molar-refractivity contribution in [3.8, 4) is 0 Å². The topological polar surface area (TPSA) is 24.9 Å². The van der Waals surface area contributed by atoms with E-state index in [1.54, 1.807) is 11.8 Å². The van der Waals surface area contributed by atoms with Gasteiger partial charge in [-0.15, -0.1) is 0 Å². The molecule has 2 rings (SSSR count). The van der Waals surface area contributed by atoms with Crippen LogP contribution >= 0.6 is 11.8 Å². The summed E-state index contributed by atoms with van der Waals surface area (Å²) in [5.74, 6) is 0. The van der Waals surface area contributed by atoms with Gasteiger partial charge in [-0.25, -0.2) is 4.98 Å². The van der Waals surface area contributed by atoms with E-state index in [2.05, 4.69) is 61.4 Å². The van der Waals surface area contributed by atoms with Crippen molar-refractivity contribution in [2.45, 2.75) is 50.6 Å². The Bertz CT molecular complexity index is 588. The van der Waals surface area contributed by atoms with Gasteiger partial charge < -0.3 is 5.32 Å². The van der Waals surface area contributed by atoms with Crippen molar-refractivity contribution in [3.63, 3.8) is 0 Å². The maximum absolute atomic E-state index is 4.60. The lowest BCUT2D eigenvalue weighted by molar-refractivity contribution is 0.675. The van der Waals surface area contributed by atoms with Gasteiger partial charge in [-0.1, -0.05) is 30.8 Å². The lowest BCUT2D eigenvalue weighted by Gasteiger charge is -2.09. The molecule has 0 bridgehead atoms. The van der Waals surface area contributed by atoms with E-state index in [4.69, 9.17) is 0 Å². The third kappa shape index (κ3) is 4.87. The Balaban J connectivity index is 2.10. The predicted molar refractivity (Wildman–Crippen MR) is 91.0 cm³/mol. The second kappa shape index (κ2) is 7.62. The third-order valence-electron chi connectivity index (χ3n) is 3.28. The van der Waals surface area contributed by atoms with Gasteiger partial charge in [0.15, 0.2) is 0 Å². The molecule has 1 N–H and O–H groups in total. The van der Waals surface area contributed by atoms with Gasteiger partial charge in [-0.05, 0) is 68.6 Å². The number of aryl methyl sites for hydroxylation is 3. The van der Waals surface area contributed by atoms with Crippen molar-refractivity contribution in [3.05, 3.63) is 52.7 Å². The van der Waals surface area contributed by atoms with Gasteiger partial charge in [0.2, 0.25) is 0 Å². The predicted octanol–water partition coefficient (Wildman–Crippen LogP) is 4.66. The Kier molecular flexibility index (Phi) is 5.83. The molecule has 2 nitrogen and oxygen atoms in total. The molecule has 0 atom stereocenters. The van der Waals surface area contributed by atoms with E-state index in [-0.39, 0.29) is 0 Å². The zero-order valence-electron chi connectivity index (χ0n) is 13.4. The minimum Gasteiger partial charge on any atom is -0.313 e. The highest BCUT2D eigenvalue weighted by Gasteiger charge is 2.05. The van der Waals surface area contributed by atoms with Crippen LogP contribution in [0.2, 0.25) is 0 Å². The molecule has 0 aliphatic rings. The first kappa shape index (κ1) is 16.1. The van der Waals surface area contributed by atoms with E-state index < -0.39 is 0 Å². The second-order valence-corrected chi connectivity index (χ2v) is 6.57. The molecule has 0 aliphatic carbocycles. The zero-order valence-corrected chi connectivity index (χ0v) is 14.2. The summed E-state index contributed by atoms with van der Waals surface area (Å²) in [5, 5.41) is 4.52. The van der Waals surface area contributed by atoms with Gasteiger partial charge in [-0.3, -0.25) is 0 Å². The van der Waals surface area contributed by atoms with Crippen LogP contribution in [0, 0.1) is 20.8 Å². The summed E-state index contributed by atoms with van der Waals surface area (Å²) in [6.45, 7) is 10.5. The van der Waals surface area contributed by atoms with Gasteiger partial charge in [0, 0.05) is 17.1 Å². The molecule has 0 saturated heterocycles. The molecule has 0 radical (unpaired) electrons. The summed E-state index contributed by atoms with van der Waals surface area (Å²) >= 11 is 1.75. The standard InChI is InChI=1S/C18H24N2S/c1-5-8-19-12-16-6-7-17(14(3)11-16)21-18-10-13(2)9-15(4)20-18/h6-7,9-11,19H,5,8,12H2,1-4H3. The van der Waals surface area contributed by atoms with Crippen molar-refractivity contribution in [2.75, 3.05) is 6.54 Å². The van der Waals surface area contributed by atoms with Crippen molar-refractivity contribution in [1.82, 2.24) is 10.3 Å². The van der Waals surface area contributed by atoms with Crippen LogP contribution in [-0.4, -0.2) is 11.5 Å². The number of pyridine rings is 1. The van der Waals surface area contributed by atoms with E-state index in [1.165, 1.54) is 28.0 Å². The summed E-state index contributed by atoms with van der Waals surface area (Å²) in [4.78, 5) is 5.89. The average molecular weight is 300 g/mol. The van der Waals surface area contributed by atoms with Gasteiger partial charge in [-0.2, -0.15) is 0 Å². The van der Waals surface area contributed by atoms with Crippen molar-refractivity contribution < 1.29 is 0 Å². The smallest absolute Gasteiger partial charge is 0.101 e. The zero-order chi connectivity index (χ0) is 15.2. The van der Waals surface area contributed by atoms with Crippen molar-refractivity contribution >= 4 is 11.8 Å². The van der Waals surface area contributed by atoms with Gasteiger partial charge in [0.05, 0.1) is 0 Å². The molecule has 0 spiro atoms. The fraction of sp³-hybridized carbons (Fsp3) is 0.389. The third-order valence-corrected chi connectivity index (χ3v) is 4.38. The van der Waals surface area contributed by atoms with Crippen molar-refractivity contribution in [1.29, 1.82) is 0 Å². The fourth-order valence-corrected chi connectivity index (χ4v) is 3.33. The van der Waals surface area contributed by atoms with E-state index in [1.807, 2.05) is 6.92 Å². The first-order valence-corrected chi connectivity index (χ1v) is 8.33. The molecule has 1 aromatic heterocycles. The quantitative estimate of drug-likeness (QED) is 0.786. The van der Waals surface area contributed by atoms with Crippen LogP contribution in [0.25, 0.3) is 0 Å². The number of benzene rings is 1. The first-order chi connectivity index (χ1) is 10.1. The Labute approximate surface area is 132 Å². The molecule has 1 heterocycles. The Morgan fingerprint density at radius 2 is 1.90 bits per heavy atom. The molecule has 0 aliphatic heterocycles. The molecule has 2 aromatic rings. The van der Waals surface area contributed by atoms with Crippen LogP contribution in [0.4, 0.5) is 0 Å². The van der Waals surface area contributed by atoms with Crippen LogP contribution < -0.4 is 5.32 Å². The maximum Gasteiger partial charge on any atom is 0.101 e. The Hall–Kier alpha value is -1.32. The lowest BCUT2D eigenvalue weighted by atomic mass is 10.1. The van der Waals surface area contributed by atoms with E-state index in [0.29, 0.717) is 0 Å². The lowest BCUT2D eigenvalue weighted by Crippen LogP contribution is -2.13. The van der Waals surface area contributed by atoms with Gasteiger partial charge in [0.1, 0.15) is 5.03 Å². The SMILES string of the molecule is CCCNCc1ccc(Sc2cc(C)cc(C)n2)c(C)c1. The van der Waals surface area contributed by atoms with Crippen LogP contribution in [0.15, 0.2) is 40.3 Å². The van der Waals surface area contributed by atoms with Gasteiger partial charge >= 0.3 is 0 Å². The summed E-state index contributed by atoms with van der Waals surface area (Å²) < 4.78 is 0. The summed E-state index contributed by atoms with van der Waals surface area (Å²) in [7, 11) is 0. The second-order valence-electron chi connectivity index (χ2n) is 5.50. The first-order valence-electron chi connectivity index (χ1n) is 7.52. The van der Waals surface area contributed by atoms with Crippen LogP contribution in [0.3, 0.4) is 0 Å². The monoisotopic (exact) mass is 300 g/mol. The minimum absolute atomic E-state index is 0.946. The molecule has 0 fully saturated rings. The van der Waals surface area contributed by atoms with E-state index in [9.17, 15) is 0 Å². The number of aromatic nitrogens is 1. The highest BCUT2D eigenvalue weighted by molar-refractivity contribution is 7.99. The minimum atomic E-state index is 0.946. The maximum atomic E-state index is 4.60. The van der Waals surface area contributed by atoms with Crippen LogP contribution in [0.5, 0.6) is 0 Å². The summed E-state index contributed by atoms with van der Waals surface area (Å²) in [6.07, 6.45) is 1.17. The van der Waals surface area contributed by atoms with Gasteiger partial charge in [0.25, 0.3) is 0 Å². The molecule has 0 saturated carbocycles. The molecule has 0 unspecified atom stereocenters. The number of nitrogens with one attached hydrogen (secondary N) is 1. The molecule has 0 amide bonds. The van der Waals surface area contributed by atoms with Crippen LogP contribution in [0.1, 0.15) is 35.7 Å². The van der Waals surface area contributed by atoms with Crippen molar-refractivity contribution in [2.24, 2.45) is 0 Å². The van der Waals surface area contributed by atoms with E-state index >= 15 is 0 Å². The largest absolute Gasteiger partial charge is 0.313 e. The summed E-state index contributed by atoms with van der Waals surface area (Å²) in [6, 6.07) is 10.9. The normalized spacial score (nSPS) is 10.9. The Morgan fingerprint density at radius 1 is 1.10 bits per heavy atom. The number of hydrogen-bond donors (Lipinski definition) is 1. The highest BCUT2D eigenvalue weighted by atomic mass is 32.2. The molecule has 3 heteroatoms. The molecule has 112 valence electrons. The number of nitrogens with zero attached hydrogens (tertiary/aromatic N) is 1.